The van der Waals surface area contributed by atoms with Crippen molar-refractivity contribution in [3.8, 4) is 11.5 Å². The molecule has 0 spiro atoms. The molecule has 1 unspecified atom stereocenters. The maximum absolute atomic E-state index is 12.9. The van der Waals surface area contributed by atoms with Gasteiger partial charge < -0.3 is 4.74 Å². The average Bonchev–Trinajstić information content (AvgIpc) is 2.78. The number of urea groups is 1. The topological polar surface area (TPSA) is 76.2 Å². The molecule has 7 heteroatoms. The molecule has 0 bridgehead atoms. The Labute approximate surface area is 175 Å². The summed E-state index contributed by atoms with van der Waals surface area (Å²) in [4.78, 5) is 35.7. The first-order valence-electron chi connectivity index (χ1n) is 9.79. The fraction of sp³-hybridized carbons (Fsp3) is 0.217. The van der Waals surface area contributed by atoms with Crippen molar-refractivity contribution in [3.05, 3.63) is 66.4 Å². The summed E-state index contributed by atoms with van der Waals surface area (Å²) in [6.45, 7) is 2.01. The van der Waals surface area contributed by atoms with E-state index in [4.69, 9.17) is 9.73 Å². The first kappa shape index (κ1) is 19.6. The molecule has 2 aliphatic heterocycles. The van der Waals surface area contributed by atoms with E-state index >= 15 is 0 Å². The molecule has 2 aromatic carbocycles. The number of fused-ring (bicyclic) bond motifs is 1. The van der Waals surface area contributed by atoms with Crippen molar-refractivity contribution in [2.45, 2.75) is 13.3 Å². The minimum absolute atomic E-state index is 0.289. The van der Waals surface area contributed by atoms with Gasteiger partial charge in [0.05, 0.1) is 24.6 Å². The molecule has 152 valence electrons. The predicted molar refractivity (Wildman–Crippen MR) is 114 cm³/mol. The van der Waals surface area contributed by atoms with Crippen LogP contribution in [-0.2, 0) is 4.79 Å². The summed E-state index contributed by atoms with van der Waals surface area (Å²) < 4.78 is 5.83. The second-order valence-corrected chi connectivity index (χ2v) is 7.13. The molecule has 1 N–H and O–H groups in total. The monoisotopic (exact) mass is 403 g/mol. The van der Waals surface area contributed by atoms with Crippen LogP contribution in [0, 0.1) is 5.92 Å². The summed E-state index contributed by atoms with van der Waals surface area (Å²) in [5, 5.41) is 0. The van der Waals surface area contributed by atoms with Gasteiger partial charge in [-0.05, 0) is 42.8 Å². The van der Waals surface area contributed by atoms with E-state index in [1.165, 1.54) is 11.9 Å². The number of hydrogen-bond donors (Lipinski definition) is 1. The summed E-state index contributed by atoms with van der Waals surface area (Å²) in [5.41, 5.74) is 2.29. The number of ether oxygens (including phenoxy) is 1. The fourth-order valence-corrected chi connectivity index (χ4v) is 3.55. The number of para-hydroxylation sites is 1. The third kappa shape index (κ3) is 3.50. The van der Waals surface area contributed by atoms with Crippen LogP contribution in [0.5, 0.6) is 11.5 Å². The Kier molecular flexibility index (Phi) is 5.18. The number of carbonyl (C=O) groups excluding carboxylic acids is 2. The molecule has 4 rings (SSSR count). The van der Waals surface area contributed by atoms with E-state index in [1.54, 1.807) is 7.05 Å². The van der Waals surface area contributed by atoms with Gasteiger partial charge in [-0.3, -0.25) is 9.79 Å². The van der Waals surface area contributed by atoms with Gasteiger partial charge >= 0.3 is 6.03 Å². The minimum Gasteiger partial charge on any atom is -0.457 e. The smallest absolute Gasteiger partial charge is 0.417 e. The van der Waals surface area contributed by atoms with E-state index in [0.717, 1.165) is 16.2 Å². The van der Waals surface area contributed by atoms with Crippen LogP contribution in [0.2, 0.25) is 0 Å². The van der Waals surface area contributed by atoms with Crippen molar-refractivity contribution in [1.82, 2.24) is 9.80 Å². The first-order chi connectivity index (χ1) is 14.5. The molecule has 2 heterocycles. The largest absolute Gasteiger partial charge is 0.457 e. The van der Waals surface area contributed by atoms with Crippen molar-refractivity contribution < 1.29 is 19.3 Å². The van der Waals surface area contributed by atoms with Crippen LogP contribution >= 0.6 is 0 Å². The molecule has 2 aliphatic rings. The Morgan fingerprint density at radius 2 is 1.63 bits per heavy atom. The Bertz CT molecular complexity index is 1070. The molecule has 7 nitrogen and oxygen atoms in total. The second-order valence-electron chi connectivity index (χ2n) is 7.13. The van der Waals surface area contributed by atoms with Crippen molar-refractivity contribution >= 4 is 29.2 Å². The number of allylic oxidation sites excluding steroid dienone is 1. The van der Waals surface area contributed by atoms with Gasteiger partial charge in [-0.25, -0.2) is 14.7 Å². The van der Waals surface area contributed by atoms with E-state index in [1.807, 2.05) is 67.7 Å². The summed E-state index contributed by atoms with van der Waals surface area (Å²) in [5.74, 6) is 1.06. The molecular weight excluding hydrogens is 380 g/mol. The number of hydrogen-bond acceptors (Lipinski definition) is 4. The van der Waals surface area contributed by atoms with Gasteiger partial charge in [-0.1, -0.05) is 25.1 Å². The second kappa shape index (κ2) is 7.94. The normalized spacial score (nSPS) is 20.1. The van der Waals surface area contributed by atoms with E-state index in [-0.39, 0.29) is 11.9 Å². The van der Waals surface area contributed by atoms with Crippen molar-refractivity contribution in [3.63, 3.8) is 0 Å². The maximum Gasteiger partial charge on any atom is 0.417 e. The maximum atomic E-state index is 12.9. The van der Waals surface area contributed by atoms with Gasteiger partial charge in [0.25, 0.3) is 11.7 Å². The van der Waals surface area contributed by atoms with Gasteiger partial charge in [-0.15, -0.1) is 0 Å². The molecule has 0 saturated carbocycles. The lowest BCUT2D eigenvalue weighted by Crippen LogP contribution is -2.80. The molecule has 30 heavy (non-hydrogen) atoms. The number of amides is 3. The standard InChI is InChI=1S/C23H22N4O3/c1-4-15-14-24-21-19(22(28)27(3)23(29)26(21)2)20(15)25-16-10-12-18(13-11-16)30-17-8-6-5-7-9-17/h5-14,19H,4H2,1-3H3/p+1. The Hall–Kier alpha value is -3.74. The number of aliphatic imine (C=N–C) groups is 1. The summed E-state index contributed by atoms with van der Waals surface area (Å²) >= 11 is 0. The first-order valence-corrected chi connectivity index (χ1v) is 9.79. The molecule has 1 saturated heterocycles. The van der Waals surface area contributed by atoms with E-state index < -0.39 is 5.92 Å². The molecule has 0 aromatic heterocycles. The molecular formula is C23H23N4O3+. The highest BCUT2D eigenvalue weighted by molar-refractivity contribution is 6.31. The molecule has 1 fully saturated rings. The lowest BCUT2D eigenvalue weighted by Gasteiger charge is -2.32. The van der Waals surface area contributed by atoms with Crippen LogP contribution in [0.15, 0.2) is 71.4 Å². The molecule has 0 radical (unpaired) electrons. The molecule has 2 aromatic rings. The van der Waals surface area contributed by atoms with Crippen molar-refractivity contribution in [2.24, 2.45) is 10.9 Å². The van der Waals surface area contributed by atoms with Gasteiger partial charge in [0.2, 0.25) is 0 Å². The van der Waals surface area contributed by atoms with E-state index in [0.29, 0.717) is 29.4 Å². The Balaban J connectivity index is 1.66. The zero-order chi connectivity index (χ0) is 21.3. The van der Waals surface area contributed by atoms with Gasteiger partial charge in [0.15, 0.2) is 5.92 Å². The summed E-state index contributed by atoms with van der Waals surface area (Å²) in [7, 11) is 3.15. The van der Waals surface area contributed by atoms with Crippen LogP contribution < -0.4 is 9.73 Å². The van der Waals surface area contributed by atoms with Crippen LogP contribution in [-0.4, -0.2) is 47.4 Å². The zero-order valence-corrected chi connectivity index (χ0v) is 17.1. The van der Waals surface area contributed by atoms with Crippen LogP contribution in [0.4, 0.5) is 10.5 Å². The highest BCUT2D eigenvalue weighted by Gasteiger charge is 2.50. The number of nitrogens with one attached hydrogen (secondary N) is 1. The Morgan fingerprint density at radius 3 is 2.30 bits per heavy atom. The minimum atomic E-state index is -0.641. The highest BCUT2D eigenvalue weighted by Crippen LogP contribution is 2.28. The third-order valence-corrected chi connectivity index (χ3v) is 5.23. The fourth-order valence-electron chi connectivity index (χ4n) is 3.55. The van der Waals surface area contributed by atoms with Gasteiger partial charge in [0, 0.05) is 12.6 Å². The zero-order valence-electron chi connectivity index (χ0n) is 17.1. The molecule has 3 amide bonds. The highest BCUT2D eigenvalue weighted by atomic mass is 16.5. The number of amidine groups is 1. The quantitative estimate of drug-likeness (QED) is 0.852. The van der Waals surface area contributed by atoms with E-state index in [9.17, 15) is 9.59 Å². The summed E-state index contributed by atoms with van der Waals surface area (Å²) in [6, 6.07) is 16.6. The SMILES string of the molecule is CCC1=C[NH+]=C2C(C(=O)N(C)C(=O)N2C)C1=Nc1ccc(Oc2ccccc2)cc1. The number of carbonyl (C=O) groups is 2. The van der Waals surface area contributed by atoms with Crippen LogP contribution in [0.1, 0.15) is 13.3 Å². The van der Waals surface area contributed by atoms with Crippen molar-refractivity contribution in [2.75, 3.05) is 14.1 Å². The van der Waals surface area contributed by atoms with Crippen LogP contribution in [0.3, 0.4) is 0 Å². The van der Waals surface area contributed by atoms with Crippen molar-refractivity contribution in [1.29, 1.82) is 0 Å². The lowest BCUT2D eigenvalue weighted by atomic mass is 9.89. The third-order valence-electron chi connectivity index (χ3n) is 5.23. The molecule has 1 atom stereocenters. The van der Waals surface area contributed by atoms with Crippen LogP contribution in [0.25, 0.3) is 0 Å². The Morgan fingerprint density at radius 1 is 0.967 bits per heavy atom. The number of rotatable bonds is 4. The van der Waals surface area contributed by atoms with Gasteiger partial charge in [0.1, 0.15) is 11.5 Å². The predicted octanol–water partition coefficient (Wildman–Crippen LogP) is 2.48. The number of imide groups is 1. The lowest BCUT2D eigenvalue weighted by molar-refractivity contribution is -0.383. The molecule has 0 aliphatic carbocycles. The number of nitrogens with zero attached hydrogens (tertiary/aromatic N) is 3. The number of benzene rings is 2. The van der Waals surface area contributed by atoms with Gasteiger partial charge in [-0.2, -0.15) is 4.90 Å². The average molecular weight is 403 g/mol. The summed E-state index contributed by atoms with van der Waals surface area (Å²) in [6.07, 6.45) is 2.53. The van der Waals surface area contributed by atoms with E-state index in [2.05, 4.69) is 4.99 Å².